The molecule has 1 saturated carbocycles. The van der Waals surface area contributed by atoms with Crippen LogP contribution in [0, 0.1) is 0 Å². The molecule has 1 aromatic carbocycles. The van der Waals surface area contributed by atoms with Crippen LogP contribution in [0.5, 0.6) is 0 Å². The van der Waals surface area contributed by atoms with Crippen molar-refractivity contribution in [2.24, 2.45) is 5.73 Å². The Morgan fingerprint density at radius 2 is 2.10 bits per heavy atom. The Hall–Kier alpha value is -1.40. The minimum atomic E-state index is -2.99. The van der Waals surface area contributed by atoms with E-state index >= 15 is 0 Å². The molecule has 1 fully saturated rings. The van der Waals surface area contributed by atoms with Crippen LogP contribution in [-0.4, -0.2) is 30.0 Å². The number of para-hydroxylation sites is 2. The smallest absolute Gasteiger partial charge is 0.147 e. The summed E-state index contributed by atoms with van der Waals surface area (Å²) in [7, 11) is -2.99. The second-order valence-electron chi connectivity index (χ2n) is 5.58. The average molecular weight is 293 g/mol. The van der Waals surface area contributed by atoms with E-state index in [9.17, 15) is 8.42 Å². The molecule has 2 aromatic rings. The van der Waals surface area contributed by atoms with E-state index in [1.54, 1.807) is 0 Å². The van der Waals surface area contributed by atoms with Gasteiger partial charge < -0.3 is 10.3 Å². The quantitative estimate of drug-likeness (QED) is 0.912. The number of nitrogens with zero attached hydrogens (tertiary/aromatic N) is 2. The first kappa shape index (κ1) is 13.6. The van der Waals surface area contributed by atoms with Gasteiger partial charge in [-0.05, 0) is 31.4 Å². The third-order valence-corrected chi connectivity index (χ3v) is 4.64. The van der Waals surface area contributed by atoms with Gasteiger partial charge in [0.25, 0.3) is 0 Å². The minimum absolute atomic E-state index is 0.0992. The Bertz CT molecular complexity index is 732. The summed E-state index contributed by atoms with van der Waals surface area (Å²) in [6.45, 7) is 0. The standard InChI is InChI=1S/C14H19N3O2S/c1-20(18,19)9-8-11(15)14-16-12-4-2-3-5-13(12)17(14)10-6-7-10/h2-5,10-11H,6-9,15H2,1H3. The van der Waals surface area contributed by atoms with Gasteiger partial charge in [-0.3, -0.25) is 0 Å². The molecule has 1 heterocycles. The lowest BCUT2D eigenvalue weighted by Gasteiger charge is -2.13. The highest BCUT2D eigenvalue weighted by atomic mass is 32.2. The van der Waals surface area contributed by atoms with E-state index in [-0.39, 0.29) is 11.8 Å². The summed E-state index contributed by atoms with van der Waals surface area (Å²) in [6, 6.07) is 8.11. The van der Waals surface area contributed by atoms with Crippen molar-refractivity contribution in [2.75, 3.05) is 12.0 Å². The third kappa shape index (κ3) is 2.71. The van der Waals surface area contributed by atoms with Gasteiger partial charge in [0.2, 0.25) is 0 Å². The van der Waals surface area contributed by atoms with E-state index in [1.807, 2.05) is 24.3 Å². The van der Waals surface area contributed by atoms with Crippen LogP contribution in [-0.2, 0) is 9.84 Å². The van der Waals surface area contributed by atoms with Gasteiger partial charge in [0.1, 0.15) is 15.7 Å². The zero-order valence-corrected chi connectivity index (χ0v) is 12.3. The molecule has 20 heavy (non-hydrogen) atoms. The summed E-state index contributed by atoms with van der Waals surface area (Å²) in [4.78, 5) is 4.62. The van der Waals surface area contributed by atoms with Gasteiger partial charge in [-0.2, -0.15) is 0 Å². The van der Waals surface area contributed by atoms with Crippen molar-refractivity contribution in [3.05, 3.63) is 30.1 Å². The minimum Gasteiger partial charge on any atom is -0.324 e. The number of benzene rings is 1. The molecule has 0 spiro atoms. The summed E-state index contributed by atoms with van der Waals surface area (Å²) in [5.41, 5.74) is 8.22. The second kappa shape index (κ2) is 4.86. The number of hydrogen-bond acceptors (Lipinski definition) is 4. The number of nitrogens with two attached hydrogens (primary N) is 1. The monoisotopic (exact) mass is 293 g/mol. The van der Waals surface area contributed by atoms with E-state index < -0.39 is 9.84 Å². The fraction of sp³-hybridized carbons (Fsp3) is 0.500. The summed E-state index contributed by atoms with van der Waals surface area (Å²) in [5.74, 6) is 0.916. The lowest BCUT2D eigenvalue weighted by Crippen LogP contribution is -2.19. The van der Waals surface area contributed by atoms with Crippen LogP contribution in [0.3, 0.4) is 0 Å². The molecule has 0 saturated heterocycles. The lowest BCUT2D eigenvalue weighted by atomic mass is 10.2. The van der Waals surface area contributed by atoms with Crippen LogP contribution >= 0.6 is 0 Å². The molecule has 0 amide bonds. The molecule has 5 nitrogen and oxygen atoms in total. The van der Waals surface area contributed by atoms with Crippen LogP contribution in [0.25, 0.3) is 11.0 Å². The van der Waals surface area contributed by atoms with Crippen LogP contribution in [0.4, 0.5) is 0 Å². The van der Waals surface area contributed by atoms with Gasteiger partial charge >= 0.3 is 0 Å². The Morgan fingerprint density at radius 1 is 1.40 bits per heavy atom. The highest BCUT2D eigenvalue weighted by Crippen LogP contribution is 2.39. The molecular weight excluding hydrogens is 274 g/mol. The number of rotatable bonds is 5. The molecule has 1 unspecified atom stereocenters. The first-order chi connectivity index (χ1) is 9.46. The molecule has 1 aliphatic carbocycles. The second-order valence-corrected chi connectivity index (χ2v) is 7.84. The normalized spacial score (nSPS) is 17.5. The van der Waals surface area contributed by atoms with E-state index in [2.05, 4.69) is 9.55 Å². The van der Waals surface area contributed by atoms with Gasteiger partial charge in [-0.25, -0.2) is 13.4 Å². The topological polar surface area (TPSA) is 78.0 Å². The molecule has 108 valence electrons. The lowest BCUT2D eigenvalue weighted by molar-refractivity contribution is 0.570. The molecule has 0 radical (unpaired) electrons. The Balaban J connectivity index is 1.96. The fourth-order valence-electron chi connectivity index (χ4n) is 2.51. The van der Waals surface area contributed by atoms with Crippen molar-refractivity contribution in [3.63, 3.8) is 0 Å². The maximum Gasteiger partial charge on any atom is 0.147 e. The average Bonchev–Trinajstić information content (AvgIpc) is 3.15. The van der Waals surface area contributed by atoms with E-state index in [4.69, 9.17) is 5.73 Å². The zero-order chi connectivity index (χ0) is 14.3. The molecule has 3 rings (SSSR count). The molecule has 1 aliphatic rings. The van der Waals surface area contributed by atoms with Crippen LogP contribution < -0.4 is 5.73 Å². The maximum absolute atomic E-state index is 11.3. The predicted molar refractivity (Wildman–Crippen MR) is 79.3 cm³/mol. The highest BCUT2D eigenvalue weighted by molar-refractivity contribution is 7.90. The molecule has 0 bridgehead atoms. The third-order valence-electron chi connectivity index (χ3n) is 3.67. The first-order valence-electron chi connectivity index (χ1n) is 6.86. The Labute approximate surface area is 118 Å². The summed E-state index contributed by atoms with van der Waals surface area (Å²) in [6.07, 6.45) is 3.94. The van der Waals surface area contributed by atoms with Crippen molar-refractivity contribution in [1.29, 1.82) is 0 Å². The van der Waals surface area contributed by atoms with Crippen molar-refractivity contribution >= 4 is 20.9 Å². The predicted octanol–water partition coefficient (Wildman–Crippen LogP) is 1.81. The van der Waals surface area contributed by atoms with E-state index in [1.165, 1.54) is 6.26 Å². The van der Waals surface area contributed by atoms with E-state index in [0.717, 1.165) is 29.7 Å². The molecule has 2 N–H and O–H groups in total. The van der Waals surface area contributed by atoms with Crippen LogP contribution in [0.1, 0.15) is 37.2 Å². The fourth-order valence-corrected chi connectivity index (χ4v) is 3.19. The zero-order valence-electron chi connectivity index (χ0n) is 11.5. The Kier molecular flexibility index (Phi) is 3.30. The first-order valence-corrected chi connectivity index (χ1v) is 8.92. The number of hydrogen-bond donors (Lipinski definition) is 1. The van der Waals surface area contributed by atoms with Crippen molar-refractivity contribution in [1.82, 2.24) is 9.55 Å². The molecule has 1 aromatic heterocycles. The molecule has 6 heteroatoms. The van der Waals surface area contributed by atoms with Gasteiger partial charge in [-0.15, -0.1) is 0 Å². The van der Waals surface area contributed by atoms with Gasteiger partial charge in [0.15, 0.2) is 0 Å². The largest absolute Gasteiger partial charge is 0.324 e. The van der Waals surface area contributed by atoms with Crippen molar-refractivity contribution in [3.8, 4) is 0 Å². The van der Waals surface area contributed by atoms with Gasteiger partial charge in [0.05, 0.1) is 22.8 Å². The number of aromatic nitrogens is 2. The summed E-state index contributed by atoms with van der Waals surface area (Å²) >= 11 is 0. The summed E-state index contributed by atoms with van der Waals surface area (Å²) in [5, 5.41) is 0. The molecule has 1 atom stereocenters. The van der Waals surface area contributed by atoms with Crippen molar-refractivity contribution < 1.29 is 8.42 Å². The van der Waals surface area contributed by atoms with E-state index in [0.29, 0.717) is 12.5 Å². The highest BCUT2D eigenvalue weighted by Gasteiger charge is 2.30. The maximum atomic E-state index is 11.3. The van der Waals surface area contributed by atoms with Crippen LogP contribution in [0.2, 0.25) is 0 Å². The van der Waals surface area contributed by atoms with Gasteiger partial charge in [-0.1, -0.05) is 12.1 Å². The summed E-state index contributed by atoms with van der Waals surface area (Å²) < 4.78 is 24.8. The SMILES string of the molecule is CS(=O)(=O)CCC(N)c1nc2ccccc2n1C1CC1. The molecule has 0 aliphatic heterocycles. The number of fused-ring (bicyclic) bond motifs is 1. The van der Waals surface area contributed by atoms with Crippen LogP contribution in [0.15, 0.2) is 24.3 Å². The van der Waals surface area contributed by atoms with Gasteiger partial charge in [0, 0.05) is 12.3 Å². The van der Waals surface area contributed by atoms with Crippen molar-refractivity contribution in [2.45, 2.75) is 31.3 Å². The number of imidazole rings is 1. The number of sulfone groups is 1. The Morgan fingerprint density at radius 3 is 2.75 bits per heavy atom. The molecular formula is C14H19N3O2S.